The monoisotopic (exact) mass is 325 g/mol. The number of nitrogens with zero attached hydrogens (tertiary/aromatic N) is 2. The summed E-state index contributed by atoms with van der Waals surface area (Å²) in [6, 6.07) is 4.85. The molecule has 1 saturated carbocycles. The third-order valence-corrected chi connectivity index (χ3v) is 4.67. The van der Waals surface area contributed by atoms with Gasteiger partial charge in [0.1, 0.15) is 10.6 Å². The van der Waals surface area contributed by atoms with Gasteiger partial charge in [-0.3, -0.25) is 9.78 Å². The summed E-state index contributed by atoms with van der Waals surface area (Å²) in [6.07, 6.45) is 6.24. The highest BCUT2D eigenvalue weighted by Crippen LogP contribution is 2.36. The molecule has 0 spiro atoms. The lowest BCUT2D eigenvalue weighted by molar-refractivity contribution is 0.0972. The molecule has 0 aromatic carbocycles. The second-order valence-corrected chi connectivity index (χ2v) is 6.92. The molecule has 0 radical (unpaired) electrons. The number of halogens is 1. The van der Waals surface area contributed by atoms with Crippen molar-refractivity contribution >= 4 is 27.5 Å². The lowest BCUT2D eigenvalue weighted by Crippen LogP contribution is -2.32. The lowest BCUT2D eigenvalue weighted by Gasteiger charge is -2.09. The lowest BCUT2D eigenvalue weighted by atomic mass is 10.4. The van der Waals surface area contributed by atoms with Gasteiger partial charge in [0.25, 0.3) is 15.9 Å². The van der Waals surface area contributed by atoms with E-state index in [1.54, 1.807) is 22.9 Å². The van der Waals surface area contributed by atoms with Crippen LogP contribution in [0, 0.1) is 0 Å². The van der Waals surface area contributed by atoms with Gasteiger partial charge in [0.15, 0.2) is 0 Å². The van der Waals surface area contributed by atoms with Crippen molar-refractivity contribution in [2.75, 3.05) is 0 Å². The minimum absolute atomic E-state index is 0.145. The molecule has 3 rings (SSSR count). The Labute approximate surface area is 126 Å². The van der Waals surface area contributed by atoms with Crippen LogP contribution in [0.25, 0.3) is 0 Å². The average molecular weight is 326 g/mol. The number of aromatic nitrogens is 2. The fourth-order valence-corrected chi connectivity index (χ4v) is 3.22. The number of hydrogen-bond donors (Lipinski definition) is 1. The molecule has 1 fully saturated rings. The zero-order valence-corrected chi connectivity index (χ0v) is 12.4. The van der Waals surface area contributed by atoms with Gasteiger partial charge < -0.3 is 4.57 Å². The van der Waals surface area contributed by atoms with E-state index in [2.05, 4.69) is 4.98 Å². The van der Waals surface area contributed by atoms with Crippen LogP contribution >= 0.6 is 11.6 Å². The van der Waals surface area contributed by atoms with E-state index in [1.807, 2.05) is 4.72 Å². The van der Waals surface area contributed by atoms with Crippen LogP contribution in [0.5, 0.6) is 0 Å². The molecule has 2 heterocycles. The number of pyridine rings is 1. The Balaban J connectivity index is 1.85. The predicted molar refractivity (Wildman–Crippen MR) is 76.6 cm³/mol. The highest BCUT2D eigenvalue weighted by atomic mass is 35.5. The SMILES string of the molecule is O=C(NS(=O)(=O)c1cncc(Cl)c1)c1cccn1C1CC1. The fraction of sp³-hybridized carbons (Fsp3) is 0.231. The highest BCUT2D eigenvalue weighted by Gasteiger charge is 2.28. The predicted octanol–water partition coefficient (Wildman–Crippen LogP) is 1.99. The summed E-state index contributed by atoms with van der Waals surface area (Å²) in [4.78, 5) is 15.7. The average Bonchev–Trinajstić information content (AvgIpc) is 3.15. The van der Waals surface area contributed by atoms with Crippen LogP contribution in [0.4, 0.5) is 0 Å². The zero-order valence-electron chi connectivity index (χ0n) is 10.9. The summed E-state index contributed by atoms with van der Waals surface area (Å²) >= 11 is 5.72. The van der Waals surface area contributed by atoms with E-state index >= 15 is 0 Å². The van der Waals surface area contributed by atoms with Gasteiger partial charge in [-0.2, -0.15) is 0 Å². The molecule has 110 valence electrons. The molecule has 1 amide bonds. The molecular weight excluding hydrogens is 314 g/mol. The molecule has 0 unspecified atom stereocenters. The Bertz CT molecular complexity index is 796. The van der Waals surface area contributed by atoms with Gasteiger partial charge in [-0.15, -0.1) is 0 Å². The van der Waals surface area contributed by atoms with Crippen molar-refractivity contribution in [2.45, 2.75) is 23.8 Å². The second-order valence-electron chi connectivity index (χ2n) is 4.81. The van der Waals surface area contributed by atoms with Crippen molar-refractivity contribution in [3.63, 3.8) is 0 Å². The molecule has 0 atom stereocenters. The third-order valence-electron chi connectivity index (χ3n) is 3.17. The summed E-state index contributed by atoms with van der Waals surface area (Å²) in [5, 5.41) is 0.187. The van der Waals surface area contributed by atoms with Gasteiger partial charge in [-0.25, -0.2) is 13.1 Å². The number of nitrogens with one attached hydrogen (secondary N) is 1. The van der Waals surface area contributed by atoms with E-state index in [9.17, 15) is 13.2 Å². The number of amides is 1. The van der Waals surface area contributed by atoms with E-state index in [4.69, 9.17) is 11.6 Å². The maximum Gasteiger partial charge on any atom is 0.281 e. The van der Waals surface area contributed by atoms with Crippen molar-refractivity contribution in [1.29, 1.82) is 0 Å². The molecule has 6 nitrogen and oxygen atoms in total. The Hall–Kier alpha value is -1.86. The van der Waals surface area contributed by atoms with Gasteiger partial charge in [0.05, 0.1) is 5.02 Å². The maximum absolute atomic E-state index is 12.2. The molecule has 2 aromatic rings. The zero-order chi connectivity index (χ0) is 15.0. The first-order valence-corrected chi connectivity index (χ1v) is 8.18. The fourth-order valence-electron chi connectivity index (χ4n) is 2.03. The van der Waals surface area contributed by atoms with Crippen molar-refractivity contribution in [1.82, 2.24) is 14.3 Å². The summed E-state index contributed by atoms with van der Waals surface area (Å²) in [5.41, 5.74) is 0.330. The van der Waals surface area contributed by atoms with Crippen LogP contribution in [0.15, 0.2) is 41.7 Å². The van der Waals surface area contributed by atoms with Gasteiger partial charge in [-0.1, -0.05) is 11.6 Å². The topological polar surface area (TPSA) is 81.1 Å². The largest absolute Gasteiger partial charge is 0.340 e. The summed E-state index contributed by atoms with van der Waals surface area (Å²) < 4.78 is 28.1. The quantitative estimate of drug-likeness (QED) is 0.932. The minimum Gasteiger partial charge on any atom is -0.340 e. The van der Waals surface area contributed by atoms with Gasteiger partial charge in [0.2, 0.25) is 0 Å². The first-order valence-electron chi connectivity index (χ1n) is 6.32. The molecule has 1 aliphatic rings. The molecule has 8 heteroatoms. The van der Waals surface area contributed by atoms with E-state index in [0.29, 0.717) is 5.69 Å². The van der Waals surface area contributed by atoms with E-state index in [-0.39, 0.29) is 16.0 Å². The van der Waals surface area contributed by atoms with Gasteiger partial charge >= 0.3 is 0 Å². The molecule has 0 saturated heterocycles. The standard InChI is InChI=1S/C13H12ClN3O3S/c14-9-6-11(8-15-7-9)21(19,20)16-13(18)12-2-1-5-17(12)10-3-4-10/h1-2,5-8,10H,3-4H2,(H,16,18). The minimum atomic E-state index is -3.99. The number of hydrogen-bond acceptors (Lipinski definition) is 4. The molecule has 1 aliphatic carbocycles. The number of carbonyl (C=O) groups is 1. The van der Waals surface area contributed by atoms with Crippen molar-refractivity contribution < 1.29 is 13.2 Å². The second kappa shape index (κ2) is 5.16. The van der Waals surface area contributed by atoms with Crippen molar-refractivity contribution in [3.05, 3.63) is 47.5 Å². The Morgan fingerprint density at radius 3 is 2.81 bits per heavy atom. The first-order chi connectivity index (χ1) is 9.97. The van der Waals surface area contributed by atoms with Crippen molar-refractivity contribution in [2.24, 2.45) is 0 Å². The normalized spacial score (nSPS) is 14.9. The number of sulfonamides is 1. The van der Waals surface area contributed by atoms with Crippen LogP contribution < -0.4 is 4.72 Å². The van der Waals surface area contributed by atoms with Crippen LogP contribution in [0.3, 0.4) is 0 Å². The van der Waals surface area contributed by atoms with Gasteiger partial charge in [0, 0.05) is 24.6 Å². The van der Waals surface area contributed by atoms with Crippen LogP contribution in [0.2, 0.25) is 5.02 Å². The Morgan fingerprint density at radius 2 is 2.14 bits per heavy atom. The molecule has 21 heavy (non-hydrogen) atoms. The van der Waals surface area contributed by atoms with Crippen molar-refractivity contribution in [3.8, 4) is 0 Å². The molecule has 0 bridgehead atoms. The Morgan fingerprint density at radius 1 is 1.38 bits per heavy atom. The molecular formula is C13H12ClN3O3S. The molecule has 2 aromatic heterocycles. The van der Waals surface area contributed by atoms with Crippen LogP contribution in [0.1, 0.15) is 29.4 Å². The molecule has 1 N–H and O–H groups in total. The summed E-state index contributed by atoms with van der Waals surface area (Å²) in [7, 11) is -3.99. The van der Waals surface area contributed by atoms with Crippen LogP contribution in [-0.2, 0) is 10.0 Å². The summed E-state index contributed by atoms with van der Waals surface area (Å²) in [5.74, 6) is -0.660. The first kappa shape index (κ1) is 14.1. The number of carbonyl (C=O) groups excluding carboxylic acids is 1. The maximum atomic E-state index is 12.2. The Kier molecular flexibility index (Phi) is 3.46. The number of rotatable bonds is 4. The molecule has 0 aliphatic heterocycles. The van der Waals surface area contributed by atoms with E-state index in [1.165, 1.54) is 12.3 Å². The third kappa shape index (κ3) is 2.93. The highest BCUT2D eigenvalue weighted by molar-refractivity contribution is 7.90. The van der Waals surface area contributed by atoms with E-state index in [0.717, 1.165) is 19.0 Å². The van der Waals surface area contributed by atoms with Gasteiger partial charge in [-0.05, 0) is 31.0 Å². The van der Waals surface area contributed by atoms with E-state index < -0.39 is 15.9 Å². The smallest absolute Gasteiger partial charge is 0.281 e. The summed E-state index contributed by atoms with van der Waals surface area (Å²) in [6.45, 7) is 0. The van der Waals surface area contributed by atoms with Crippen LogP contribution in [-0.4, -0.2) is 23.9 Å².